The van der Waals surface area contributed by atoms with Crippen LogP contribution in [0.3, 0.4) is 0 Å². The molecule has 1 rings (SSSR count). The fraction of sp³-hybridized carbons (Fsp3) is 0.385. The van der Waals surface area contributed by atoms with Gasteiger partial charge in [0, 0.05) is 12.1 Å². The monoisotopic (exact) mass is 313 g/mol. The Bertz CT molecular complexity index is 439. The van der Waals surface area contributed by atoms with E-state index < -0.39 is 10.8 Å². The molecule has 0 fully saturated rings. The second-order valence-electron chi connectivity index (χ2n) is 3.97. The third-order valence-corrected chi connectivity index (χ3v) is 3.30. The molecule has 1 aromatic carbocycles. The lowest BCUT2D eigenvalue weighted by Crippen LogP contribution is -2.34. The van der Waals surface area contributed by atoms with E-state index in [0.29, 0.717) is 5.56 Å². The van der Waals surface area contributed by atoms with Gasteiger partial charge in [-0.3, -0.25) is 9.59 Å². The molecule has 98 valence electrons. The lowest BCUT2D eigenvalue weighted by atomic mass is 10.0. The molecule has 1 unspecified atom stereocenters. The van der Waals surface area contributed by atoms with Crippen molar-refractivity contribution in [3.63, 3.8) is 0 Å². The molecular formula is C13H16BrNO3. The predicted octanol–water partition coefficient (Wildman–Crippen LogP) is 1.97. The Morgan fingerprint density at radius 3 is 2.39 bits per heavy atom. The minimum Gasteiger partial charge on any atom is -0.468 e. The summed E-state index contributed by atoms with van der Waals surface area (Å²) in [6, 6.07) is 5.67. The van der Waals surface area contributed by atoms with Crippen molar-refractivity contribution in [2.24, 2.45) is 0 Å². The summed E-state index contributed by atoms with van der Waals surface area (Å²) in [5, 5.41) is 2.71. The molecule has 0 heterocycles. The predicted molar refractivity (Wildman–Crippen MR) is 73.0 cm³/mol. The van der Waals surface area contributed by atoms with E-state index in [1.807, 2.05) is 32.0 Å². The fourth-order valence-electron chi connectivity index (χ4n) is 1.65. The molecule has 0 saturated carbocycles. The first-order chi connectivity index (χ1) is 8.47. The van der Waals surface area contributed by atoms with Crippen molar-refractivity contribution in [1.29, 1.82) is 0 Å². The summed E-state index contributed by atoms with van der Waals surface area (Å²) in [4.78, 5) is 22.7. The third kappa shape index (κ3) is 3.57. The van der Waals surface area contributed by atoms with Crippen LogP contribution in [0.25, 0.3) is 0 Å². The maximum atomic E-state index is 12.0. The summed E-state index contributed by atoms with van der Waals surface area (Å²) in [5.74, 6) is -0.587. The number of hydrogen-bond donors (Lipinski definition) is 1. The van der Waals surface area contributed by atoms with Crippen molar-refractivity contribution >= 4 is 27.8 Å². The maximum Gasteiger partial charge on any atom is 0.321 e. The summed E-state index contributed by atoms with van der Waals surface area (Å²) in [7, 11) is 1.31. The number of halogens is 1. The van der Waals surface area contributed by atoms with Crippen LogP contribution in [0, 0.1) is 13.8 Å². The lowest BCUT2D eigenvalue weighted by molar-refractivity contribution is -0.139. The molecule has 0 aliphatic heterocycles. The van der Waals surface area contributed by atoms with Crippen LogP contribution in [0.1, 0.15) is 21.5 Å². The maximum absolute atomic E-state index is 12.0. The first-order valence-corrected chi connectivity index (χ1v) is 6.45. The quantitative estimate of drug-likeness (QED) is 0.683. The van der Waals surface area contributed by atoms with Crippen LogP contribution in [0.5, 0.6) is 0 Å². The summed E-state index contributed by atoms with van der Waals surface area (Å²) >= 11 is 3.15. The van der Waals surface area contributed by atoms with Gasteiger partial charge in [0.25, 0.3) is 5.91 Å². The molecule has 0 aliphatic carbocycles. The SMILES string of the molecule is COC(=O)C(Br)CNC(=O)c1c(C)cccc1C. The van der Waals surface area contributed by atoms with E-state index in [0.717, 1.165) is 11.1 Å². The highest BCUT2D eigenvalue weighted by atomic mass is 79.9. The van der Waals surface area contributed by atoms with E-state index in [2.05, 4.69) is 26.0 Å². The summed E-state index contributed by atoms with van der Waals surface area (Å²) < 4.78 is 4.56. The van der Waals surface area contributed by atoms with E-state index in [-0.39, 0.29) is 12.5 Å². The van der Waals surface area contributed by atoms with Gasteiger partial charge in [-0.25, -0.2) is 0 Å². The molecule has 1 amide bonds. The normalized spacial score (nSPS) is 11.8. The van der Waals surface area contributed by atoms with Crippen molar-refractivity contribution in [2.75, 3.05) is 13.7 Å². The number of rotatable bonds is 4. The van der Waals surface area contributed by atoms with Crippen LogP contribution in [-0.2, 0) is 9.53 Å². The molecule has 0 aliphatic rings. The largest absolute Gasteiger partial charge is 0.468 e. The van der Waals surface area contributed by atoms with E-state index in [4.69, 9.17) is 0 Å². The number of hydrogen-bond acceptors (Lipinski definition) is 3. The number of esters is 1. The van der Waals surface area contributed by atoms with Crippen LogP contribution in [0.15, 0.2) is 18.2 Å². The number of alkyl halides is 1. The highest BCUT2D eigenvalue weighted by molar-refractivity contribution is 9.10. The standard InChI is InChI=1S/C13H16BrNO3/c1-8-5-4-6-9(2)11(8)12(16)15-7-10(14)13(17)18-3/h4-6,10H,7H2,1-3H3,(H,15,16). The van der Waals surface area contributed by atoms with Gasteiger partial charge in [-0.15, -0.1) is 0 Å². The topological polar surface area (TPSA) is 55.4 Å². The van der Waals surface area contributed by atoms with Gasteiger partial charge >= 0.3 is 5.97 Å². The minimum absolute atomic E-state index is 0.182. The zero-order chi connectivity index (χ0) is 13.7. The van der Waals surface area contributed by atoms with Crippen molar-refractivity contribution in [1.82, 2.24) is 5.32 Å². The van der Waals surface area contributed by atoms with E-state index >= 15 is 0 Å². The summed E-state index contributed by atoms with van der Waals surface area (Å²) in [6.07, 6.45) is 0. The molecule has 0 spiro atoms. The van der Waals surface area contributed by atoms with Crippen LogP contribution in [0.4, 0.5) is 0 Å². The molecule has 5 heteroatoms. The number of methoxy groups -OCH3 is 1. The average Bonchev–Trinajstić information content (AvgIpc) is 2.34. The molecule has 0 bridgehead atoms. The highest BCUT2D eigenvalue weighted by Crippen LogP contribution is 2.13. The molecule has 0 saturated heterocycles. The number of nitrogens with one attached hydrogen (secondary N) is 1. The smallest absolute Gasteiger partial charge is 0.321 e. The van der Waals surface area contributed by atoms with E-state index in [9.17, 15) is 9.59 Å². The molecule has 0 radical (unpaired) electrons. The zero-order valence-electron chi connectivity index (χ0n) is 10.6. The van der Waals surface area contributed by atoms with E-state index in [1.54, 1.807) is 0 Å². The summed E-state index contributed by atoms with van der Waals surface area (Å²) in [5.41, 5.74) is 2.48. The van der Waals surface area contributed by atoms with Crippen molar-refractivity contribution in [2.45, 2.75) is 18.7 Å². The Morgan fingerprint density at radius 2 is 1.89 bits per heavy atom. The molecule has 18 heavy (non-hydrogen) atoms. The van der Waals surface area contributed by atoms with Crippen LogP contribution >= 0.6 is 15.9 Å². The fourth-order valence-corrected chi connectivity index (χ4v) is 2.00. The second-order valence-corrected chi connectivity index (χ2v) is 5.07. The second kappa shape index (κ2) is 6.54. The number of aryl methyl sites for hydroxylation is 2. The Labute approximate surface area is 115 Å². The number of benzene rings is 1. The third-order valence-electron chi connectivity index (χ3n) is 2.61. The first-order valence-electron chi connectivity index (χ1n) is 5.53. The van der Waals surface area contributed by atoms with Crippen molar-refractivity contribution < 1.29 is 14.3 Å². The van der Waals surface area contributed by atoms with Gasteiger partial charge in [0.2, 0.25) is 0 Å². The van der Waals surface area contributed by atoms with Crippen LogP contribution in [0.2, 0.25) is 0 Å². The van der Waals surface area contributed by atoms with Gasteiger partial charge < -0.3 is 10.1 Å². The molecule has 1 aromatic rings. The Morgan fingerprint density at radius 1 is 1.33 bits per heavy atom. The molecule has 1 N–H and O–H groups in total. The van der Waals surface area contributed by atoms with Gasteiger partial charge in [0.05, 0.1) is 7.11 Å². The molecule has 0 aromatic heterocycles. The van der Waals surface area contributed by atoms with Crippen LogP contribution in [-0.4, -0.2) is 30.4 Å². The molecule has 4 nitrogen and oxygen atoms in total. The Balaban J connectivity index is 2.69. The Kier molecular flexibility index (Phi) is 5.34. The summed E-state index contributed by atoms with van der Waals surface area (Å²) in [6.45, 7) is 3.96. The molecular weight excluding hydrogens is 298 g/mol. The van der Waals surface area contributed by atoms with Gasteiger partial charge in [-0.05, 0) is 25.0 Å². The van der Waals surface area contributed by atoms with Gasteiger partial charge in [0.1, 0.15) is 4.83 Å². The van der Waals surface area contributed by atoms with Gasteiger partial charge in [0.15, 0.2) is 0 Å². The number of carbonyl (C=O) groups is 2. The zero-order valence-corrected chi connectivity index (χ0v) is 12.2. The lowest BCUT2D eigenvalue weighted by Gasteiger charge is -2.12. The van der Waals surface area contributed by atoms with Crippen LogP contribution < -0.4 is 5.32 Å². The number of amides is 1. The van der Waals surface area contributed by atoms with Crippen molar-refractivity contribution in [3.05, 3.63) is 34.9 Å². The first kappa shape index (κ1) is 14.7. The van der Waals surface area contributed by atoms with Gasteiger partial charge in [-0.2, -0.15) is 0 Å². The molecule has 1 atom stereocenters. The number of ether oxygens (including phenoxy) is 1. The minimum atomic E-state index is -0.532. The van der Waals surface area contributed by atoms with E-state index in [1.165, 1.54) is 7.11 Å². The average molecular weight is 314 g/mol. The van der Waals surface area contributed by atoms with Gasteiger partial charge in [-0.1, -0.05) is 34.1 Å². The highest BCUT2D eigenvalue weighted by Gasteiger charge is 2.18. The van der Waals surface area contributed by atoms with Crippen molar-refractivity contribution in [3.8, 4) is 0 Å². The Hall–Kier alpha value is -1.36. The number of carbonyl (C=O) groups excluding carboxylic acids is 2.